The standard InChI is InChI=1S/C28H22O4/c29-27(21-10-3-1-4-11-21)31-24-18-17-20-16-15-19-9-7-8-14-23(19)25(20)26(24)32-28(30)22-12-5-2-6-13-22/h1-16,24,26H,17-18H2/t24-,26+/m0/s1. The zero-order valence-electron chi connectivity index (χ0n) is 17.4. The van der Waals surface area contributed by atoms with Crippen LogP contribution < -0.4 is 0 Å². The maximum absolute atomic E-state index is 13.0. The monoisotopic (exact) mass is 422 g/mol. The van der Waals surface area contributed by atoms with Crippen LogP contribution in [0.3, 0.4) is 0 Å². The van der Waals surface area contributed by atoms with Gasteiger partial charge in [0.05, 0.1) is 11.1 Å². The Labute approximate surface area is 186 Å². The summed E-state index contributed by atoms with van der Waals surface area (Å²) in [5.74, 6) is -0.850. The smallest absolute Gasteiger partial charge is 0.338 e. The van der Waals surface area contributed by atoms with Crippen LogP contribution in [0, 0.1) is 0 Å². The summed E-state index contributed by atoms with van der Waals surface area (Å²) in [6.45, 7) is 0. The molecule has 0 N–H and O–H groups in total. The topological polar surface area (TPSA) is 52.6 Å². The van der Waals surface area contributed by atoms with Crippen molar-refractivity contribution in [3.8, 4) is 0 Å². The molecule has 0 heterocycles. The molecule has 0 bridgehead atoms. The highest BCUT2D eigenvalue weighted by atomic mass is 16.6. The highest BCUT2D eigenvalue weighted by Crippen LogP contribution is 2.40. The summed E-state index contributed by atoms with van der Waals surface area (Å²) in [6.07, 6.45) is 0.0574. The van der Waals surface area contributed by atoms with Gasteiger partial charge in [-0.1, -0.05) is 72.8 Å². The summed E-state index contributed by atoms with van der Waals surface area (Å²) < 4.78 is 12.0. The molecule has 4 aromatic rings. The quantitative estimate of drug-likeness (QED) is 0.384. The van der Waals surface area contributed by atoms with Gasteiger partial charge in [-0.05, 0) is 53.4 Å². The van der Waals surface area contributed by atoms with E-state index in [9.17, 15) is 9.59 Å². The number of hydrogen-bond donors (Lipinski definition) is 0. The molecule has 1 aliphatic carbocycles. The van der Waals surface area contributed by atoms with Gasteiger partial charge in [-0.3, -0.25) is 0 Å². The second-order valence-corrected chi connectivity index (χ2v) is 7.90. The van der Waals surface area contributed by atoms with E-state index in [1.54, 1.807) is 48.5 Å². The van der Waals surface area contributed by atoms with Gasteiger partial charge >= 0.3 is 11.9 Å². The first-order chi connectivity index (χ1) is 15.7. The van der Waals surface area contributed by atoms with Crippen molar-refractivity contribution in [1.29, 1.82) is 0 Å². The lowest BCUT2D eigenvalue weighted by Gasteiger charge is -2.33. The molecular weight excluding hydrogens is 400 g/mol. The van der Waals surface area contributed by atoms with Crippen molar-refractivity contribution in [2.24, 2.45) is 0 Å². The van der Waals surface area contributed by atoms with Crippen LogP contribution in [0.25, 0.3) is 10.8 Å². The number of carbonyl (C=O) groups is 2. The fraction of sp³-hybridized carbons (Fsp3) is 0.143. The Morgan fingerprint density at radius 1 is 0.656 bits per heavy atom. The first kappa shape index (κ1) is 20.0. The van der Waals surface area contributed by atoms with Gasteiger partial charge in [0.1, 0.15) is 6.10 Å². The number of aryl methyl sites for hydroxylation is 1. The third kappa shape index (κ3) is 3.87. The predicted octanol–water partition coefficient (Wildman–Crippen LogP) is 5.91. The van der Waals surface area contributed by atoms with Crippen LogP contribution in [-0.4, -0.2) is 18.0 Å². The van der Waals surface area contributed by atoms with Crippen molar-refractivity contribution < 1.29 is 19.1 Å². The number of carbonyl (C=O) groups excluding carboxylic acids is 2. The molecule has 0 saturated heterocycles. The first-order valence-electron chi connectivity index (χ1n) is 10.7. The summed E-state index contributed by atoms with van der Waals surface area (Å²) in [5.41, 5.74) is 2.98. The third-order valence-electron chi connectivity index (χ3n) is 5.89. The van der Waals surface area contributed by atoms with Crippen molar-refractivity contribution >= 4 is 22.7 Å². The summed E-state index contributed by atoms with van der Waals surface area (Å²) >= 11 is 0. The zero-order valence-corrected chi connectivity index (χ0v) is 17.4. The maximum atomic E-state index is 13.0. The maximum Gasteiger partial charge on any atom is 0.338 e. The Morgan fingerprint density at radius 2 is 1.25 bits per heavy atom. The molecule has 0 aromatic heterocycles. The van der Waals surface area contributed by atoms with Crippen molar-refractivity contribution in [3.63, 3.8) is 0 Å². The Bertz CT molecular complexity index is 1260. The molecule has 5 rings (SSSR count). The average Bonchev–Trinajstić information content (AvgIpc) is 2.86. The van der Waals surface area contributed by atoms with E-state index in [0.717, 1.165) is 28.3 Å². The zero-order chi connectivity index (χ0) is 21.9. The van der Waals surface area contributed by atoms with Crippen LogP contribution in [-0.2, 0) is 15.9 Å². The molecule has 4 nitrogen and oxygen atoms in total. The molecule has 158 valence electrons. The van der Waals surface area contributed by atoms with Gasteiger partial charge in [0, 0.05) is 5.56 Å². The van der Waals surface area contributed by atoms with Crippen molar-refractivity contribution in [1.82, 2.24) is 0 Å². The van der Waals surface area contributed by atoms with E-state index in [1.807, 2.05) is 36.4 Å². The summed E-state index contributed by atoms with van der Waals surface area (Å²) in [6, 6.07) is 30.0. The molecule has 0 aliphatic heterocycles. The number of fused-ring (bicyclic) bond motifs is 3. The number of esters is 2. The number of ether oxygens (including phenoxy) is 2. The summed E-state index contributed by atoms with van der Waals surface area (Å²) in [7, 11) is 0. The van der Waals surface area contributed by atoms with E-state index in [4.69, 9.17) is 9.47 Å². The van der Waals surface area contributed by atoms with Crippen LogP contribution in [0.1, 0.15) is 44.4 Å². The van der Waals surface area contributed by atoms with E-state index in [2.05, 4.69) is 12.1 Å². The molecule has 0 spiro atoms. The van der Waals surface area contributed by atoms with Gasteiger partial charge in [0.2, 0.25) is 0 Å². The Balaban J connectivity index is 1.54. The van der Waals surface area contributed by atoms with Crippen LogP contribution in [0.5, 0.6) is 0 Å². The van der Waals surface area contributed by atoms with E-state index in [-0.39, 0.29) is 0 Å². The summed E-state index contributed by atoms with van der Waals surface area (Å²) in [5, 5.41) is 2.07. The van der Waals surface area contributed by atoms with E-state index < -0.39 is 24.1 Å². The predicted molar refractivity (Wildman–Crippen MR) is 123 cm³/mol. The van der Waals surface area contributed by atoms with E-state index in [0.29, 0.717) is 17.5 Å². The molecule has 0 radical (unpaired) electrons. The molecule has 0 fully saturated rings. The lowest BCUT2D eigenvalue weighted by molar-refractivity contribution is -0.0432. The van der Waals surface area contributed by atoms with Crippen LogP contribution >= 0.6 is 0 Å². The fourth-order valence-corrected chi connectivity index (χ4v) is 4.32. The fourth-order valence-electron chi connectivity index (χ4n) is 4.32. The van der Waals surface area contributed by atoms with Crippen LogP contribution in [0.2, 0.25) is 0 Å². The molecule has 2 atom stereocenters. The minimum Gasteiger partial charge on any atom is -0.454 e. The first-order valence-corrected chi connectivity index (χ1v) is 10.7. The van der Waals surface area contributed by atoms with Gasteiger partial charge in [-0.25, -0.2) is 9.59 Å². The van der Waals surface area contributed by atoms with E-state index in [1.165, 1.54) is 0 Å². The molecule has 32 heavy (non-hydrogen) atoms. The molecule has 0 saturated carbocycles. The van der Waals surface area contributed by atoms with E-state index >= 15 is 0 Å². The Hall–Kier alpha value is -3.92. The molecule has 1 aliphatic rings. The molecule has 4 aromatic carbocycles. The second kappa shape index (κ2) is 8.67. The number of hydrogen-bond acceptors (Lipinski definition) is 4. The average molecular weight is 422 g/mol. The van der Waals surface area contributed by atoms with Crippen molar-refractivity contribution in [2.45, 2.75) is 25.0 Å². The number of benzene rings is 4. The lowest BCUT2D eigenvalue weighted by atomic mass is 9.83. The molecule has 4 heteroatoms. The number of rotatable bonds is 4. The van der Waals surface area contributed by atoms with Crippen LogP contribution in [0.4, 0.5) is 0 Å². The SMILES string of the molecule is O=C(O[C@H]1CCc2ccc3ccccc3c2[C@@H]1OC(=O)c1ccccc1)c1ccccc1. The third-order valence-corrected chi connectivity index (χ3v) is 5.89. The van der Waals surface area contributed by atoms with Gasteiger partial charge in [-0.15, -0.1) is 0 Å². The Kier molecular flexibility index (Phi) is 5.42. The van der Waals surface area contributed by atoms with Gasteiger partial charge < -0.3 is 9.47 Å². The van der Waals surface area contributed by atoms with Gasteiger partial charge in [0.25, 0.3) is 0 Å². The highest BCUT2D eigenvalue weighted by Gasteiger charge is 2.37. The minimum atomic E-state index is -0.690. The lowest BCUT2D eigenvalue weighted by Crippen LogP contribution is -2.33. The molecule has 0 unspecified atom stereocenters. The Morgan fingerprint density at radius 3 is 1.94 bits per heavy atom. The molecule has 0 amide bonds. The highest BCUT2D eigenvalue weighted by molar-refractivity contribution is 5.92. The van der Waals surface area contributed by atoms with Crippen LogP contribution in [0.15, 0.2) is 97.1 Å². The summed E-state index contributed by atoms with van der Waals surface area (Å²) in [4.78, 5) is 25.8. The van der Waals surface area contributed by atoms with Crippen molar-refractivity contribution in [3.05, 3.63) is 119 Å². The minimum absolute atomic E-state index is 0.417. The largest absolute Gasteiger partial charge is 0.454 e. The van der Waals surface area contributed by atoms with Gasteiger partial charge in [0.15, 0.2) is 6.10 Å². The van der Waals surface area contributed by atoms with Crippen molar-refractivity contribution in [2.75, 3.05) is 0 Å². The molecular formula is C28H22O4. The second-order valence-electron chi connectivity index (χ2n) is 7.90. The van der Waals surface area contributed by atoms with Gasteiger partial charge in [-0.2, -0.15) is 0 Å². The normalized spacial score (nSPS) is 17.4.